The van der Waals surface area contributed by atoms with E-state index in [2.05, 4.69) is 30.3 Å². The third-order valence-electron chi connectivity index (χ3n) is 6.77. The standard InChI is InChI=1S/C35H33FN2O4.Ca.2H/c1-24(2)42-34-19-25(23-41-30-17-15-26(31(36)20-30)16-18-35(39)40)13-14-29(34)22-38-33(28-11-7-4-8-12-28)21-32(37-38)27-9-5-3-6-10-27;;;/h3-15,17,19-21,24H,16,18,22-23H2,1-2H3,(H,39,40);;;/q;+2;2*-1. The number of benzene rings is 4. The van der Waals surface area contributed by atoms with Gasteiger partial charge in [-0.1, -0.05) is 78.9 Å². The zero-order chi connectivity index (χ0) is 29.5. The van der Waals surface area contributed by atoms with Crippen molar-refractivity contribution in [1.29, 1.82) is 0 Å². The molecule has 5 aromatic rings. The predicted molar refractivity (Wildman–Crippen MR) is 169 cm³/mol. The van der Waals surface area contributed by atoms with Gasteiger partial charge in [0, 0.05) is 23.6 Å². The summed E-state index contributed by atoms with van der Waals surface area (Å²) in [6.07, 6.45) is -0.0342. The third kappa shape index (κ3) is 8.69. The van der Waals surface area contributed by atoms with Crippen LogP contribution in [0.3, 0.4) is 0 Å². The molecule has 0 aliphatic heterocycles. The van der Waals surface area contributed by atoms with Gasteiger partial charge in [0.05, 0.1) is 24.0 Å². The van der Waals surface area contributed by atoms with E-state index in [0.29, 0.717) is 17.9 Å². The quantitative estimate of drug-likeness (QED) is 0.148. The fraction of sp³-hybridized carbons (Fsp3) is 0.200. The molecule has 0 unspecified atom stereocenters. The molecule has 218 valence electrons. The molecule has 0 saturated carbocycles. The van der Waals surface area contributed by atoms with Crippen LogP contribution >= 0.6 is 0 Å². The van der Waals surface area contributed by atoms with E-state index in [1.807, 2.05) is 73.1 Å². The normalized spacial score (nSPS) is 10.8. The van der Waals surface area contributed by atoms with Gasteiger partial charge < -0.3 is 17.4 Å². The zero-order valence-corrected chi connectivity index (χ0v) is 26.6. The number of aryl methyl sites for hydroxylation is 1. The number of carbonyl (C=O) groups is 1. The van der Waals surface area contributed by atoms with Crippen molar-refractivity contribution in [2.24, 2.45) is 0 Å². The van der Waals surface area contributed by atoms with Gasteiger partial charge in [-0.3, -0.25) is 9.48 Å². The van der Waals surface area contributed by atoms with Gasteiger partial charge in [-0.05, 0) is 55.2 Å². The molecule has 0 spiro atoms. The number of hydrogen-bond acceptors (Lipinski definition) is 4. The van der Waals surface area contributed by atoms with Crippen LogP contribution in [0.25, 0.3) is 22.5 Å². The smallest absolute Gasteiger partial charge is 1.00 e. The Morgan fingerprint density at radius 1 is 0.907 bits per heavy atom. The molecule has 5 rings (SSSR count). The van der Waals surface area contributed by atoms with E-state index in [4.69, 9.17) is 19.7 Å². The molecule has 1 N–H and O–H groups in total. The maximum absolute atomic E-state index is 14.5. The number of ether oxygens (including phenoxy) is 2. The van der Waals surface area contributed by atoms with Gasteiger partial charge in [0.25, 0.3) is 0 Å². The van der Waals surface area contributed by atoms with E-state index >= 15 is 0 Å². The number of carboxylic acid groups (broad SMARTS) is 1. The first-order valence-corrected chi connectivity index (χ1v) is 14.0. The fourth-order valence-electron chi connectivity index (χ4n) is 4.70. The van der Waals surface area contributed by atoms with Crippen molar-refractivity contribution < 1.29 is 26.6 Å². The second-order valence-electron chi connectivity index (χ2n) is 10.3. The first kappa shape index (κ1) is 32.3. The average molecular weight is 607 g/mol. The summed E-state index contributed by atoms with van der Waals surface area (Å²) in [4.78, 5) is 10.8. The van der Waals surface area contributed by atoms with Crippen LogP contribution in [0.5, 0.6) is 11.5 Å². The number of aliphatic carboxylic acids is 1. The fourth-order valence-corrected chi connectivity index (χ4v) is 4.70. The molecular formula is C35H35CaFN2O4. The summed E-state index contributed by atoms with van der Waals surface area (Å²) in [7, 11) is 0. The Morgan fingerprint density at radius 2 is 1.58 bits per heavy atom. The molecule has 0 fully saturated rings. The minimum absolute atomic E-state index is 0. The van der Waals surface area contributed by atoms with Crippen molar-refractivity contribution in [2.45, 2.75) is 45.9 Å². The molecule has 0 radical (unpaired) electrons. The Bertz CT molecular complexity index is 1670. The number of nitrogens with zero attached hydrogens (tertiary/aromatic N) is 2. The summed E-state index contributed by atoms with van der Waals surface area (Å²) in [6.45, 7) is 4.69. The van der Waals surface area contributed by atoms with E-state index in [-0.39, 0.29) is 66.1 Å². The van der Waals surface area contributed by atoms with Crippen LogP contribution in [-0.4, -0.2) is 64.7 Å². The number of aromatic nitrogens is 2. The van der Waals surface area contributed by atoms with Crippen molar-refractivity contribution in [3.8, 4) is 34.0 Å². The van der Waals surface area contributed by atoms with Crippen LogP contribution in [0.2, 0.25) is 0 Å². The van der Waals surface area contributed by atoms with Crippen LogP contribution in [0, 0.1) is 5.82 Å². The topological polar surface area (TPSA) is 73.6 Å². The summed E-state index contributed by atoms with van der Waals surface area (Å²) in [5.74, 6) is -0.328. The van der Waals surface area contributed by atoms with E-state index < -0.39 is 11.8 Å². The second kappa shape index (κ2) is 15.2. The van der Waals surface area contributed by atoms with Gasteiger partial charge in [-0.15, -0.1) is 0 Å². The minimum atomic E-state index is -0.960. The summed E-state index contributed by atoms with van der Waals surface area (Å²) in [5.41, 5.74) is 6.22. The van der Waals surface area contributed by atoms with Crippen molar-refractivity contribution in [3.63, 3.8) is 0 Å². The molecule has 0 aliphatic carbocycles. The van der Waals surface area contributed by atoms with Crippen LogP contribution in [0.15, 0.2) is 103 Å². The molecule has 4 aromatic carbocycles. The minimum Gasteiger partial charge on any atom is -1.00 e. The van der Waals surface area contributed by atoms with Gasteiger partial charge in [0.2, 0.25) is 0 Å². The molecule has 43 heavy (non-hydrogen) atoms. The molecule has 0 atom stereocenters. The molecule has 8 heteroatoms. The van der Waals surface area contributed by atoms with Crippen LogP contribution in [0.4, 0.5) is 4.39 Å². The van der Waals surface area contributed by atoms with Crippen molar-refractivity contribution in [1.82, 2.24) is 9.78 Å². The Kier molecular flexibility index (Phi) is 11.4. The Labute approximate surface area is 284 Å². The molecule has 1 heterocycles. The van der Waals surface area contributed by atoms with E-state index in [9.17, 15) is 9.18 Å². The number of carboxylic acids is 1. The molecule has 1 aromatic heterocycles. The van der Waals surface area contributed by atoms with E-state index in [1.165, 1.54) is 6.07 Å². The Hall–Kier alpha value is -3.65. The van der Waals surface area contributed by atoms with Crippen LogP contribution in [0.1, 0.15) is 39.8 Å². The average Bonchev–Trinajstić information content (AvgIpc) is 3.41. The molecular weight excluding hydrogens is 571 g/mol. The third-order valence-corrected chi connectivity index (χ3v) is 6.77. The van der Waals surface area contributed by atoms with Crippen LogP contribution in [-0.2, 0) is 24.4 Å². The van der Waals surface area contributed by atoms with Crippen molar-refractivity contribution >= 4 is 43.7 Å². The van der Waals surface area contributed by atoms with Crippen LogP contribution < -0.4 is 9.47 Å². The maximum Gasteiger partial charge on any atom is 2.00 e. The predicted octanol–water partition coefficient (Wildman–Crippen LogP) is 7.63. The Balaban J connectivity index is 0.00000235. The van der Waals surface area contributed by atoms with E-state index in [0.717, 1.165) is 39.4 Å². The van der Waals surface area contributed by atoms with Gasteiger partial charge in [-0.25, -0.2) is 4.39 Å². The molecule has 0 saturated heterocycles. The summed E-state index contributed by atoms with van der Waals surface area (Å²) in [5, 5.41) is 13.8. The summed E-state index contributed by atoms with van der Waals surface area (Å²) < 4.78 is 28.6. The van der Waals surface area contributed by atoms with Gasteiger partial charge >= 0.3 is 43.7 Å². The summed E-state index contributed by atoms with van der Waals surface area (Å²) in [6, 6.07) is 32.9. The van der Waals surface area contributed by atoms with Gasteiger partial charge in [-0.2, -0.15) is 5.10 Å². The van der Waals surface area contributed by atoms with Crippen molar-refractivity contribution in [3.05, 3.63) is 126 Å². The molecule has 6 nitrogen and oxygen atoms in total. The molecule has 0 bridgehead atoms. The number of rotatable bonds is 12. The number of halogens is 1. The largest absolute Gasteiger partial charge is 2.00 e. The maximum atomic E-state index is 14.5. The van der Waals surface area contributed by atoms with Gasteiger partial charge in [0.15, 0.2) is 0 Å². The van der Waals surface area contributed by atoms with Gasteiger partial charge in [0.1, 0.15) is 23.9 Å². The zero-order valence-electron chi connectivity index (χ0n) is 26.4. The number of hydrogen-bond donors (Lipinski definition) is 1. The molecule has 0 aliphatic rings. The monoisotopic (exact) mass is 606 g/mol. The Morgan fingerprint density at radius 3 is 2.23 bits per heavy atom. The van der Waals surface area contributed by atoms with E-state index in [1.54, 1.807) is 12.1 Å². The first-order chi connectivity index (χ1) is 20.4. The first-order valence-electron chi connectivity index (χ1n) is 14.0. The van der Waals surface area contributed by atoms with Crippen molar-refractivity contribution in [2.75, 3.05) is 0 Å². The summed E-state index contributed by atoms with van der Waals surface area (Å²) >= 11 is 0. The molecule has 0 amide bonds. The SMILES string of the molecule is CC(C)Oc1cc(COc2ccc(CCC(=O)O)c(F)c2)ccc1Cn1nc(-c2ccccc2)cc1-c1ccccc1.[Ca+2].[H-].[H-]. The second-order valence-corrected chi connectivity index (χ2v) is 10.3.